The van der Waals surface area contributed by atoms with Crippen LogP contribution in [-0.2, 0) is 14.4 Å². The maximum atomic E-state index is 12.1. The molecule has 1 rings (SSSR count). The third kappa shape index (κ3) is 4.70. The van der Waals surface area contributed by atoms with Crippen LogP contribution in [0.5, 0.6) is 0 Å². The van der Waals surface area contributed by atoms with Crippen LogP contribution in [0.4, 0.5) is 0 Å². The van der Waals surface area contributed by atoms with Crippen LogP contribution in [0.1, 0.15) is 40.0 Å². The van der Waals surface area contributed by atoms with Gasteiger partial charge in [0.25, 0.3) is 0 Å². The molecular formula is C14H25N3O4. The second-order valence-corrected chi connectivity index (χ2v) is 5.72. The topological polar surface area (TPSA) is 98.7 Å². The van der Waals surface area contributed by atoms with Gasteiger partial charge < -0.3 is 15.3 Å². The van der Waals surface area contributed by atoms with Crippen LogP contribution in [0.15, 0.2) is 0 Å². The normalized spacial score (nSPS) is 16.2. The molecule has 1 saturated carbocycles. The number of amides is 2. The van der Waals surface area contributed by atoms with Gasteiger partial charge in [0.15, 0.2) is 0 Å². The van der Waals surface area contributed by atoms with Crippen LogP contribution >= 0.6 is 0 Å². The lowest BCUT2D eigenvalue weighted by Crippen LogP contribution is -2.59. The van der Waals surface area contributed by atoms with Gasteiger partial charge in [-0.1, -0.05) is 0 Å². The molecular weight excluding hydrogens is 274 g/mol. The Morgan fingerprint density at radius 3 is 2.29 bits per heavy atom. The Labute approximate surface area is 125 Å². The molecule has 2 amide bonds. The predicted molar refractivity (Wildman–Crippen MR) is 77.8 cm³/mol. The van der Waals surface area contributed by atoms with E-state index in [-0.39, 0.29) is 30.9 Å². The Morgan fingerprint density at radius 1 is 1.29 bits per heavy atom. The molecule has 0 radical (unpaired) electrons. The first-order chi connectivity index (χ1) is 9.80. The fraction of sp³-hybridized carbons (Fsp3) is 0.786. The molecule has 21 heavy (non-hydrogen) atoms. The molecule has 0 atom stereocenters. The Kier molecular flexibility index (Phi) is 6.14. The molecule has 0 aromatic rings. The molecule has 1 aliphatic rings. The van der Waals surface area contributed by atoms with Crippen LogP contribution in [0.2, 0.25) is 0 Å². The minimum Gasteiger partial charge on any atom is -0.480 e. The molecule has 0 heterocycles. The van der Waals surface area contributed by atoms with Gasteiger partial charge in [-0.05, 0) is 40.0 Å². The average Bonchev–Trinajstić information content (AvgIpc) is 2.32. The molecule has 120 valence electrons. The largest absolute Gasteiger partial charge is 0.480 e. The fourth-order valence-corrected chi connectivity index (χ4v) is 2.27. The van der Waals surface area contributed by atoms with Gasteiger partial charge in [0.2, 0.25) is 11.8 Å². The lowest BCUT2D eigenvalue weighted by atomic mass is 9.77. The SMILES string of the molecule is CCN(CC(=O)NC(C)C)C(=O)CNC1(C(=O)O)CCC1. The van der Waals surface area contributed by atoms with E-state index >= 15 is 0 Å². The smallest absolute Gasteiger partial charge is 0.323 e. The zero-order chi connectivity index (χ0) is 16.0. The summed E-state index contributed by atoms with van der Waals surface area (Å²) in [5.41, 5.74) is -0.963. The van der Waals surface area contributed by atoms with Crippen molar-refractivity contribution in [3.05, 3.63) is 0 Å². The number of aliphatic carboxylic acids is 1. The van der Waals surface area contributed by atoms with E-state index in [0.717, 1.165) is 6.42 Å². The highest BCUT2D eigenvalue weighted by atomic mass is 16.4. The first-order valence-corrected chi connectivity index (χ1v) is 7.36. The van der Waals surface area contributed by atoms with E-state index in [9.17, 15) is 19.5 Å². The van der Waals surface area contributed by atoms with E-state index in [0.29, 0.717) is 19.4 Å². The van der Waals surface area contributed by atoms with Crippen molar-refractivity contribution in [2.24, 2.45) is 0 Å². The zero-order valence-corrected chi connectivity index (χ0v) is 12.9. The Morgan fingerprint density at radius 2 is 1.90 bits per heavy atom. The van der Waals surface area contributed by atoms with Gasteiger partial charge in [-0.15, -0.1) is 0 Å². The molecule has 0 unspecified atom stereocenters. The van der Waals surface area contributed by atoms with Gasteiger partial charge in [-0.2, -0.15) is 0 Å². The van der Waals surface area contributed by atoms with Gasteiger partial charge in [0.05, 0.1) is 13.1 Å². The zero-order valence-electron chi connectivity index (χ0n) is 12.9. The van der Waals surface area contributed by atoms with E-state index in [4.69, 9.17) is 0 Å². The van der Waals surface area contributed by atoms with Crippen LogP contribution in [0.3, 0.4) is 0 Å². The second-order valence-electron chi connectivity index (χ2n) is 5.72. The lowest BCUT2D eigenvalue weighted by Gasteiger charge is -2.38. The molecule has 0 spiro atoms. The van der Waals surface area contributed by atoms with E-state index in [2.05, 4.69) is 10.6 Å². The average molecular weight is 299 g/mol. The van der Waals surface area contributed by atoms with Crippen LogP contribution in [0, 0.1) is 0 Å². The molecule has 7 nitrogen and oxygen atoms in total. The van der Waals surface area contributed by atoms with Crippen molar-refractivity contribution < 1.29 is 19.5 Å². The van der Waals surface area contributed by atoms with Crippen molar-refractivity contribution in [3.63, 3.8) is 0 Å². The quantitative estimate of drug-likeness (QED) is 0.584. The highest BCUT2D eigenvalue weighted by Gasteiger charge is 2.44. The molecule has 0 aromatic carbocycles. The van der Waals surface area contributed by atoms with Gasteiger partial charge >= 0.3 is 5.97 Å². The van der Waals surface area contributed by atoms with Crippen molar-refractivity contribution >= 4 is 17.8 Å². The standard InChI is InChI=1S/C14H25N3O4/c1-4-17(9-11(18)16-10(2)3)12(19)8-15-14(13(20)21)6-5-7-14/h10,15H,4-9H2,1-3H3,(H,16,18)(H,20,21). The number of rotatable bonds is 8. The van der Waals surface area contributed by atoms with Crippen molar-refractivity contribution in [1.82, 2.24) is 15.5 Å². The predicted octanol–water partition coefficient (Wildman–Crippen LogP) is -0.0436. The Bertz CT molecular complexity index is 405. The summed E-state index contributed by atoms with van der Waals surface area (Å²) in [6.45, 7) is 5.84. The minimum atomic E-state index is -0.963. The summed E-state index contributed by atoms with van der Waals surface area (Å²) < 4.78 is 0. The number of carboxylic acids is 1. The molecule has 0 bridgehead atoms. The maximum Gasteiger partial charge on any atom is 0.323 e. The summed E-state index contributed by atoms with van der Waals surface area (Å²) in [6, 6.07) is 0.0229. The third-order valence-electron chi connectivity index (χ3n) is 3.71. The van der Waals surface area contributed by atoms with Crippen LogP contribution < -0.4 is 10.6 Å². The molecule has 1 aliphatic carbocycles. The van der Waals surface area contributed by atoms with Crippen molar-refractivity contribution in [3.8, 4) is 0 Å². The Hall–Kier alpha value is -1.63. The minimum absolute atomic E-state index is 0.00470. The number of hydrogen-bond donors (Lipinski definition) is 3. The number of nitrogens with one attached hydrogen (secondary N) is 2. The van der Waals surface area contributed by atoms with Crippen LogP contribution in [0.25, 0.3) is 0 Å². The second kappa shape index (κ2) is 7.40. The number of carbonyl (C=O) groups excluding carboxylic acids is 2. The van der Waals surface area contributed by atoms with E-state index in [1.54, 1.807) is 6.92 Å². The highest BCUT2D eigenvalue weighted by molar-refractivity contribution is 5.87. The maximum absolute atomic E-state index is 12.1. The molecule has 0 saturated heterocycles. The first kappa shape index (κ1) is 17.4. The third-order valence-corrected chi connectivity index (χ3v) is 3.71. The van der Waals surface area contributed by atoms with Crippen molar-refractivity contribution in [2.45, 2.75) is 51.6 Å². The molecule has 3 N–H and O–H groups in total. The number of hydrogen-bond acceptors (Lipinski definition) is 4. The fourth-order valence-electron chi connectivity index (χ4n) is 2.27. The van der Waals surface area contributed by atoms with Gasteiger partial charge in [-0.25, -0.2) is 0 Å². The molecule has 1 fully saturated rings. The summed E-state index contributed by atoms with van der Waals surface area (Å²) in [5, 5.41) is 14.8. The van der Waals surface area contributed by atoms with Crippen molar-refractivity contribution in [1.29, 1.82) is 0 Å². The van der Waals surface area contributed by atoms with E-state index < -0.39 is 11.5 Å². The van der Waals surface area contributed by atoms with Gasteiger partial charge in [0, 0.05) is 12.6 Å². The molecule has 7 heteroatoms. The number of carboxylic acid groups (broad SMARTS) is 1. The van der Waals surface area contributed by atoms with Gasteiger partial charge in [0.1, 0.15) is 5.54 Å². The van der Waals surface area contributed by atoms with E-state index in [1.165, 1.54) is 4.90 Å². The number of likely N-dealkylation sites (N-methyl/N-ethyl adjacent to an activating group) is 1. The van der Waals surface area contributed by atoms with E-state index in [1.807, 2.05) is 13.8 Å². The highest BCUT2D eigenvalue weighted by Crippen LogP contribution is 2.31. The van der Waals surface area contributed by atoms with Crippen LogP contribution in [-0.4, -0.2) is 59.0 Å². The molecule has 0 aliphatic heterocycles. The summed E-state index contributed by atoms with van der Waals surface area (Å²) in [6.07, 6.45) is 1.92. The summed E-state index contributed by atoms with van der Waals surface area (Å²) in [5.74, 6) is -1.39. The summed E-state index contributed by atoms with van der Waals surface area (Å²) in [7, 11) is 0. The van der Waals surface area contributed by atoms with Crippen molar-refractivity contribution in [2.75, 3.05) is 19.6 Å². The monoisotopic (exact) mass is 299 g/mol. The van der Waals surface area contributed by atoms with Gasteiger partial charge in [-0.3, -0.25) is 19.7 Å². The number of nitrogens with zero attached hydrogens (tertiary/aromatic N) is 1. The first-order valence-electron chi connectivity index (χ1n) is 7.36. The Balaban J connectivity index is 2.48. The number of carbonyl (C=O) groups is 3. The molecule has 0 aromatic heterocycles. The summed E-state index contributed by atoms with van der Waals surface area (Å²) in [4.78, 5) is 36.4. The lowest BCUT2D eigenvalue weighted by molar-refractivity contribution is -0.149. The summed E-state index contributed by atoms with van der Waals surface area (Å²) >= 11 is 0.